The smallest absolute Gasteiger partial charge is 0.497 e. The van der Waals surface area contributed by atoms with E-state index < -0.39 is 40.8 Å². The van der Waals surface area contributed by atoms with E-state index in [2.05, 4.69) is 0 Å². The van der Waals surface area contributed by atoms with Crippen molar-refractivity contribution in [2.45, 2.75) is 36.5 Å². The highest BCUT2D eigenvalue weighted by Gasteiger charge is 2.53. The topological polar surface area (TPSA) is 91.4 Å². The van der Waals surface area contributed by atoms with Gasteiger partial charge in [0.1, 0.15) is 24.4 Å². The van der Waals surface area contributed by atoms with Gasteiger partial charge in [-0.1, -0.05) is 46.9 Å². The molecule has 1 fully saturated rings. The zero-order valence-corrected chi connectivity index (χ0v) is 18.2. The first-order valence-electron chi connectivity index (χ1n) is 8.52. The number of nitrogens with zero attached hydrogens (tertiary/aromatic N) is 1. The van der Waals surface area contributed by atoms with E-state index >= 15 is 0 Å². The fraction of sp³-hybridized carbons (Fsp3) is 0.500. The molecule has 0 radical (unpaired) electrons. The molecule has 0 aromatic heterocycles. The second-order valence-electron chi connectivity index (χ2n) is 6.32. The molecule has 0 saturated carbocycles. The standard InChI is InChI=1S/C18H20Cl3NO7/c1-10(28-17(25)27-9-18(19,20)21)14-15(24)22(16(14)29-11(2)23)8-12-4-6-13(26-3)7-5-12/h4-7,10,14,16H,8-9H2,1-3H3/t10-,14+,16-/m1/s1. The Morgan fingerprint density at radius 3 is 2.34 bits per heavy atom. The van der Waals surface area contributed by atoms with Gasteiger partial charge in [0.15, 0.2) is 6.23 Å². The lowest BCUT2D eigenvalue weighted by Crippen LogP contribution is -2.65. The number of benzene rings is 1. The molecule has 11 heteroatoms. The summed E-state index contributed by atoms with van der Waals surface area (Å²) in [5, 5.41) is 0. The number of rotatable bonds is 7. The molecule has 160 valence electrons. The third-order valence-electron chi connectivity index (χ3n) is 4.12. The molecule has 2 rings (SSSR count). The Bertz CT molecular complexity index is 751. The fourth-order valence-corrected chi connectivity index (χ4v) is 2.95. The van der Waals surface area contributed by atoms with Crippen molar-refractivity contribution in [1.82, 2.24) is 4.90 Å². The molecule has 1 aromatic rings. The van der Waals surface area contributed by atoms with Gasteiger partial charge < -0.3 is 23.8 Å². The lowest BCUT2D eigenvalue weighted by atomic mass is 9.89. The van der Waals surface area contributed by atoms with E-state index in [0.717, 1.165) is 5.56 Å². The molecule has 0 aliphatic carbocycles. The Morgan fingerprint density at radius 2 is 1.83 bits per heavy atom. The number of ether oxygens (including phenoxy) is 4. The monoisotopic (exact) mass is 467 g/mol. The lowest BCUT2D eigenvalue weighted by molar-refractivity contribution is -0.209. The molecule has 1 heterocycles. The second kappa shape index (κ2) is 9.73. The van der Waals surface area contributed by atoms with E-state index in [-0.39, 0.29) is 12.5 Å². The van der Waals surface area contributed by atoms with Crippen LogP contribution in [0.1, 0.15) is 19.4 Å². The number of methoxy groups -OCH3 is 1. The summed E-state index contributed by atoms with van der Waals surface area (Å²) >= 11 is 16.5. The highest BCUT2D eigenvalue weighted by Crippen LogP contribution is 2.34. The Balaban J connectivity index is 2.02. The number of hydrogen-bond acceptors (Lipinski definition) is 7. The predicted octanol–water partition coefficient (Wildman–Crippen LogP) is 3.45. The largest absolute Gasteiger partial charge is 0.508 e. The van der Waals surface area contributed by atoms with Gasteiger partial charge in [-0.3, -0.25) is 9.59 Å². The number of carbonyl (C=O) groups is 3. The average molecular weight is 469 g/mol. The van der Waals surface area contributed by atoms with Crippen LogP contribution in [0, 0.1) is 5.92 Å². The molecule has 29 heavy (non-hydrogen) atoms. The summed E-state index contributed by atoms with van der Waals surface area (Å²) in [6.07, 6.45) is -2.92. The van der Waals surface area contributed by atoms with Crippen LogP contribution in [-0.2, 0) is 30.3 Å². The number of β-lactam (4-membered cyclic amide) rings is 1. The highest BCUT2D eigenvalue weighted by atomic mass is 35.6. The van der Waals surface area contributed by atoms with Crippen molar-refractivity contribution in [3.05, 3.63) is 29.8 Å². The Hall–Kier alpha value is -1.90. The molecule has 0 spiro atoms. The van der Waals surface area contributed by atoms with Crippen LogP contribution in [0.3, 0.4) is 0 Å². The summed E-state index contributed by atoms with van der Waals surface area (Å²) in [5.74, 6) is -1.11. The van der Waals surface area contributed by atoms with Gasteiger partial charge in [-0.25, -0.2) is 4.79 Å². The molecule has 8 nitrogen and oxygen atoms in total. The zero-order chi connectivity index (χ0) is 21.8. The number of likely N-dealkylation sites (tertiary alicyclic amines) is 1. The maximum Gasteiger partial charge on any atom is 0.508 e. The summed E-state index contributed by atoms with van der Waals surface area (Å²) in [6.45, 7) is 2.41. The molecule has 1 aliphatic rings. The Morgan fingerprint density at radius 1 is 1.21 bits per heavy atom. The molecule has 0 unspecified atom stereocenters. The number of amides is 1. The van der Waals surface area contributed by atoms with E-state index in [0.29, 0.717) is 5.75 Å². The van der Waals surface area contributed by atoms with E-state index in [1.165, 1.54) is 18.7 Å². The van der Waals surface area contributed by atoms with Crippen LogP contribution in [0.25, 0.3) is 0 Å². The summed E-state index contributed by atoms with van der Waals surface area (Å²) in [4.78, 5) is 37.2. The number of esters is 1. The molecule has 3 atom stereocenters. The molecule has 1 saturated heterocycles. The van der Waals surface area contributed by atoms with Crippen LogP contribution >= 0.6 is 34.8 Å². The minimum absolute atomic E-state index is 0.210. The van der Waals surface area contributed by atoms with Crippen molar-refractivity contribution in [2.24, 2.45) is 5.92 Å². The SMILES string of the molecule is COc1ccc(CN2C(=O)[C@H]([C@@H](C)OC(=O)OCC(Cl)(Cl)Cl)[C@H]2OC(C)=O)cc1. The Labute approximate surface area is 182 Å². The Kier molecular flexibility index (Phi) is 7.85. The predicted molar refractivity (Wildman–Crippen MR) is 105 cm³/mol. The molecule has 1 aliphatic heterocycles. The molecule has 1 aromatic carbocycles. The molecule has 1 amide bonds. The van der Waals surface area contributed by atoms with E-state index in [9.17, 15) is 14.4 Å². The van der Waals surface area contributed by atoms with Gasteiger partial charge in [-0.05, 0) is 24.6 Å². The van der Waals surface area contributed by atoms with Gasteiger partial charge in [0.05, 0.1) is 7.11 Å². The maximum atomic E-state index is 12.6. The highest BCUT2D eigenvalue weighted by molar-refractivity contribution is 6.67. The van der Waals surface area contributed by atoms with Gasteiger partial charge >= 0.3 is 12.1 Å². The first kappa shape index (κ1) is 23.4. The van der Waals surface area contributed by atoms with Gasteiger partial charge in [0, 0.05) is 13.5 Å². The van der Waals surface area contributed by atoms with Crippen molar-refractivity contribution in [1.29, 1.82) is 0 Å². The van der Waals surface area contributed by atoms with Gasteiger partial charge in [-0.15, -0.1) is 0 Å². The lowest BCUT2D eigenvalue weighted by Gasteiger charge is -2.47. The maximum absolute atomic E-state index is 12.6. The van der Waals surface area contributed by atoms with E-state index in [4.69, 9.17) is 53.8 Å². The summed E-state index contributed by atoms with van der Waals surface area (Å²) in [5.41, 5.74) is 0.811. The summed E-state index contributed by atoms with van der Waals surface area (Å²) in [7, 11) is 1.55. The van der Waals surface area contributed by atoms with E-state index in [1.807, 2.05) is 0 Å². The van der Waals surface area contributed by atoms with Crippen LogP contribution in [0.2, 0.25) is 0 Å². The third-order valence-corrected chi connectivity index (χ3v) is 4.45. The summed E-state index contributed by atoms with van der Waals surface area (Å²) in [6, 6.07) is 7.09. The molecular weight excluding hydrogens is 449 g/mol. The van der Waals surface area contributed by atoms with Crippen LogP contribution in [0.5, 0.6) is 5.75 Å². The molecule has 0 bridgehead atoms. The van der Waals surface area contributed by atoms with Crippen molar-refractivity contribution < 1.29 is 33.3 Å². The average Bonchev–Trinajstić information content (AvgIpc) is 2.63. The fourth-order valence-electron chi connectivity index (χ4n) is 2.79. The number of alkyl halides is 3. The second-order valence-corrected chi connectivity index (χ2v) is 8.83. The normalized spacial score (nSPS) is 19.8. The van der Waals surface area contributed by atoms with Gasteiger partial charge in [0.25, 0.3) is 0 Å². The first-order valence-corrected chi connectivity index (χ1v) is 9.66. The number of hydrogen-bond donors (Lipinski definition) is 0. The van der Waals surface area contributed by atoms with Crippen LogP contribution in [0.15, 0.2) is 24.3 Å². The van der Waals surface area contributed by atoms with Crippen molar-refractivity contribution in [3.63, 3.8) is 0 Å². The quantitative estimate of drug-likeness (QED) is 0.344. The third kappa shape index (κ3) is 6.55. The van der Waals surface area contributed by atoms with Crippen LogP contribution in [-0.4, -0.2) is 52.8 Å². The van der Waals surface area contributed by atoms with Crippen molar-refractivity contribution in [2.75, 3.05) is 13.7 Å². The van der Waals surface area contributed by atoms with Crippen LogP contribution < -0.4 is 4.74 Å². The van der Waals surface area contributed by atoms with Crippen molar-refractivity contribution >= 4 is 52.8 Å². The first-order chi connectivity index (χ1) is 13.5. The van der Waals surface area contributed by atoms with Gasteiger partial charge in [0.2, 0.25) is 9.70 Å². The minimum atomic E-state index is -1.79. The zero-order valence-electron chi connectivity index (χ0n) is 15.9. The molecular formula is C18H20Cl3NO7. The number of carbonyl (C=O) groups excluding carboxylic acids is 3. The van der Waals surface area contributed by atoms with Crippen molar-refractivity contribution in [3.8, 4) is 5.75 Å². The van der Waals surface area contributed by atoms with Gasteiger partial charge in [-0.2, -0.15) is 0 Å². The number of halogens is 3. The summed E-state index contributed by atoms with van der Waals surface area (Å²) < 4.78 is 18.3. The molecule has 0 N–H and O–H groups in total. The minimum Gasteiger partial charge on any atom is -0.497 e. The van der Waals surface area contributed by atoms with Crippen LogP contribution in [0.4, 0.5) is 4.79 Å². The van der Waals surface area contributed by atoms with E-state index in [1.54, 1.807) is 31.4 Å².